The van der Waals surface area contributed by atoms with Crippen molar-refractivity contribution >= 4 is 29.9 Å². The molecule has 1 atom stereocenters. The van der Waals surface area contributed by atoms with Crippen molar-refractivity contribution < 1.29 is 13.5 Å². The third-order valence-corrected chi connectivity index (χ3v) is 4.61. The Bertz CT molecular complexity index is 768. The molecule has 0 aromatic heterocycles. The fourth-order valence-corrected chi connectivity index (χ4v) is 3.27. The van der Waals surface area contributed by atoms with Crippen LogP contribution >= 0.6 is 24.0 Å². The van der Waals surface area contributed by atoms with Crippen LogP contribution in [0, 0.1) is 0 Å². The average Bonchev–Trinajstić information content (AvgIpc) is 2.60. The van der Waals surface area contributed by atoms with Gasteiger partial charge in [0.05, 0.1) is 0 Å². The van der Waals surface area contributed by atoms with Crippen LogP contribution in [0.5, 0.6) is 5.75 Å². The second-order valence-electron chi connectivity index (χ2n) is 6.41. The van der Waals surface area contributed by atoms with Crippen LogP contribution in [0.25, 0.3) is 0 Å². The fourth-order valence-electron chi connectivity index (χ4n) is 3.27. The number of nitrogens with zero attached hydrogens (tertiary/aromatic N) is 2. The molecule has 1 unspecified atom stereocenters. The van der Waals surface area contributed by atoms with Crippen molar-refractivity contribution in [2.45, 2.75) is 25.5 Å². The van der Waals surface area contributed by atoms with Gasteiger partial charge in [-0.15, -0.1) is 24.0 Å². The Morgan fingerprint density at radius 3 is 2.56 bits per heavy atom. The van der Waals surface area contributed by atoms with Gasteiger partial charge in [0.2, 0.25) is 0 Å². The van der Waals surface area contributed by atoms with E-state index in [2.05, 4.69) is 39.3 Å². The number of ether oxygens (including phenoxy) is 1. The van der Waals surface area contributed by atoms with Gasteiger partial charge in [0.15, 0.2) is 5.96 Å². The largest absolute Gasteiger partial charge is 0.435 e. The number of fused-ring (bicyclic) bond motifs is 1. The predicted molar refractivity (Wildman–Crippen MR) is 114 cm³/mol. The summed E-state index contributed by atoms with van der Waals surface area (Å²) in [6.07, 6.45) is 1.09. The Kier molecular flexibility index (Phi) is 7.82. The highest BCUT2D eigenvalue weighted by Gasteiger charge is 2.25. The van der Waals surface area contributed by atoms with Crippen LogP contribution in [0.4, 0.5) is 8.78 Å². The lowest BCUT2D eigenvalue weighted by Gasteiger charge is -2.32. The highest BCUT2D eigenvalue weighted by atomic mass is 127. The van der Waals surface area contributed by atoms with Crippen LogP contribution in [0.1, 0.15) is 22.6 Å². The zero-order chi connectivity index (χ0) is 18.5. The second-order valence-corrected chi connectivity index (χ2v) is 6.41. The number of aliphatic imine (C=N–C) groups is 1. The molecule has 0 spiro atoms. The molecule has 0 radical (unpaired) electrons. The Balaban J connectivity index is 0.00000261. The van der Waals surface area contributed by atoms with Gasteiger partial charge in [0.25, 0.3) is 0 Å². The third kappa shape index (κ3) is 5.54. The van der Waals surface area contributed by atoms with Crippen LogP contribution in [0.2, 0.25) is 0 Å². The van der Waals surface area contributed by atoms with Crippen molar-refractivity contribution in [3.63, 3.8) is 0 Å². The molecule has 1 aliphatic rings. The lowest BCUT2D eigenvalue weighted by molar-refractivity contribution is -0.0498. The summed E-state index contributed by atoms with van der Waals surface area (Å²) in [4.78, 5) is 6.34. The van der Waals surface area contributed by atoms with Crippen LogP contribution < -0.4 is 10.1 Å². The first-order chi connectivity index (χ1) is 12.6. The van der Waals surface area contributed by atoms with Crippen molar-refractivity contribution in [3.05, 3.63) is 65.2 Å². The molecule has 0 saturated carbocycles. The molecule has 2 aromatic carbocycles. The molecule has 146 valence electrons. The van der Waals surface area contributed by atoms with Crippen molar-refractivity contribution in [3.8, 4) is 5.75 Å². The Hall–Kier alpha value is -1.90. The lowest BCUT2D eigenvalue weighted by atomic mass is 9.78. The number of alkyl halides is 2. The number of benzene rings is 2. The van der Waals surface area contributed by atoms with Gasteiger partial charge in [-0.05, 0) is 35.2 Å². The van der Waals surface area contributed by atoms with E-state index in [9.17, 15) is 8.78 Å². The Morgan fingerprint density at radius 2 is 1.93 bits per heavy atom. The summed E-state index contributed by atoms with van der Waals surface area (Å²) < 4.78 is 28.8. The zero-order valence-electron chi connectivity index (χ0n) is 15.4. The van der Waals surface area contributed by atoms with E-state index in [1.165, 1.54) is 11.1 Å². The molecule has 0 amide bonds. The molecule has 0 saturated heterocycles. The SMILES string of the molecule is CN=C(NCC1Cc2ccccc21)N(C)Cc1ccc(OC(F)F)cc1.I. The number of guanidine groups is 1. The Labute approximate surface area is 175 Å². The third-order valence-electron chi connectivity index (χ3n) is 4.61. The summed E-state index contributed by atoms with van der Waals surface area (Å²) in [6.45, 7) is -1.34. The molecule has 2 aromatic rings. The first kappa shape index (κ1) is 21.4. The summed E-state index contributed by atoms with van der Waals surface area (Å²) in [6, 6.07) is 15.2. The summed E-state index contributed by atoms with van der Waals surface area (Å²) in [7, 11) is 3.71. The standard InChI is InChI=1S/C20H23F2N3O.HI/c1-23-20(24-12-16-11-15-5-3-4-6-18(15)16)25(2)13-14-7-9-17(10-8-14)26-19(21)22;/h3-10,16,19H,11-13H2,1-2H3,(H,23,24);1H. The van der Waals surface area contributed by atoms with Gasteiger partial charge in [0, 0.05) is 33.1 Å². The first-order valence-corrected chi connectivity index (χ1v) is 8.60. The van der Waals surface area contributed by atoms with Gasteiger partial charge >= 0.3 is 6.61 Å². The maximum atomic E-state index is 12.2. The van der Waals surface area contributed by atoms with E-state index in [4.69, 9.17) is 0 Å². The smallest absolute Gasteiger partial charge is 0.387 e. The minimum absolute atomic E-state index is 0. The van der Waals surface area contributed by atoms with E-state index < -0.39 is 6.61 Å². The molecule has 1 N–H and O–H groups in total. The molecule has 4 nitrogen and oxygen atoms in total. The molecular weight excluding hydrogens is 463 g/mol. The number of hydrogen-bond acceptors (Lipinski definition) is 2. The molecule has 0 fully saturated rings. The predicted octanol–water partition coefficient (Wildman–Crippen LogP) is 4.25. The van der Waals surface area contributed by atoms with Crippen molar-refractivity contribution in [1.82, 2.24) is 10.2 Å². The number of halogens is 3. The minimum atomic E-state index is -2.80. The normalized spacial score (nSPS) is 15.4. The summed E-state index contributed by atoms with van der Waals surface area (Å²) >= 11 is 0. The van der Waals surface area contributed by atoms with Gasteiger partial charge in [-0.25, -0.2) is 0 Å². The van der Waals surface area contributed by atoms with E-state index in [-0.39, 0.29) is 29.7 Å². The van der Waals surface area contributed by atoms with Crippen LogP contribution in [-0.4, -0.2) is 38.1 Å². The van der Waals surface area contributed by atoms with Gasteiger partial charge < -0.3 is 15.0 Å². The summed E-state index contributed by atoms with van der Waals surface area (Å²) in [5.74, 6) is 1.49. The number of rotatable bonds is 6. The van der Waals surface area contributed by atoms with E-state index in [1.54, 1.807) is 31.3 Å². The average molecular weight is 487 g/mol. The molecule has 0 aliphatic heterocycles. The van der Waals surface area contributed by atoms with Gasteiger partial charge in [0.1, 0.15) is 5.75 Å². The van der Waals surface area contributed by atoms with Crippen LogP contribution in [0.3, 0.4) is 0 Å². The molecule has 1 aliphatic carbocycles. The number of nitrogens with one attached hydrogen (secondary N) is 1. The van der Waals surface area contributed by atoms with E-state index >= 15 is 0 Å². The van der Waals surface area contributed by atoms with Crippen LogP contribution in [0.15, 0.2) is 53.5 Å². The highest BCUT2D eigenvalue weighted by Crippen LogP contribution is 2.34. The molecule has 27 heavy (non-hydrogen) atoms. The molecule has 0 heterocycles. The van der Waals surface area contributed by atoms with Crippen molar-refractivity contribution in [2.24, 2.45) is 4.99 Å². The summed E-state index contributed by atoms with van der Waals surface area (Å²) in [5, 5.41) is 3.42. The number of hydrogen-bond donors (Lipinski definition) is 1. The molecule has 0 bridgehead atoms. The zero-order valence-corrected chi connectivity index (χ0v) is 17.7. The quantitative estimate of drug-likeness (QED) is 0.376. The summed E-state index contributed by atoms with van der Waals surface area (Å²) in [5.41, 5.74) is 3.83. The van der Waals surface area contributed by atoms with E-state index in [1.807, 2.05) is 11.9 Å². The first-order valence-electron chi connectivity index (χ1n) is 8.60. The topological polar surface area (TPSA) is 36.9 Å². The van der Waals surface area contributed by atoms with Crippen LogP contribution in [-0.2, 0) is 13.0 Å². The maximum absolute atomic E-state index is 12.2. The second kappa shape index (κ2) is 9.87. The highest BCUT2D eigenvalue weighted by molar-refractivity contribution is 14.0. The van der Waals surface area contributed by atoms with E-state index in [0.29, 0.717) is 12.5 Å². The minimum Gasteiger partial charge on any atom is -0.435 e. The molecule has 3 rings (SSSR count). The van der Waals surface area contributed by atoms with Crippen molar-refractivity contribution in [2.75, 3.05) is 20.6 Å². The molecule has 7 heteroatoms. The van der Waals surface area contributed by atoms with E-state index in [0.717, 1.165) is 24.5 Å². The van der Waals surface area contributed by atoms with Crippen molar-refractivity contribution in [1.29, 1.82) is 0 Å². The Morgan fingerprint density at radius 1 is 1.22 bits per heavy atom. The monoisotopic (exact) mass is 487 g/mol. The lowest BCUT2D eigenvalue weighted by Crippen LogP contribution is -2.41. The molecular formula is C20H24F2IN3O. The van der Waals surface area contributed by atoms with Gasteiger partial charge in [-0.2, -0.15) is 8.78 Å². The fraction of sp³-hybridized carbons (Fsp3) is 0.350. The van der Waals surface area contributed by atoms with Gasteiger partial charge in [-0.3, -0.25) is 4.99 Å². The van der Waals surface area contributed by atoms with Gasteiger partial charge in [-0.1, -0.05) is 36.4 Å². The maximum Gasteiger partial charge on any atom is 0.387 e.